The topological polar surface area (TPSA) is 54.2 Å². The molecule has 3 aromatic heterocycles. The molecule has 11 aromatic rings. The molecule has 0 radical (unpaired) electrons. The Balaban J connectivity index is 0.979. The van der Waals surface area contributed by atoms with Crippen molar-refractivity contribution >= 4 is 75.3 Å². The number of hydrogen-bond donors (Lipinski definition) is 3. The largest absolute Gasteiger partial charge is 0.456 e. The number of furan rings is 1. The fraction of sp³-hybridized carbons (Fsp3) is 0.0588. The van der Waals surface area contributed by atoms with E-state index in [1.54, 1.807) is 0 Å². The highest BCUT2D eigenvalue weighted by Crippen LogP contribution is 2.45. The SMILES string of the molecule is c1ccc(C2NC(c3ccccc3)NC(c3cccc4oc5cc(-c6cccc7c6sc6c(-n8c9ccccc9c9ccccc98)cccc67)ccc5c34)N2)cc1. The van der Waals surface area contributed by atoms with E-state index in [-0.39, 0.29) is 18.5 Å². The van der Waals surface area contributed by atoms with Crippen LogP contribution in [0.2, 0.25) is 0 Å². The molecular weight excluding hydrogens is 717 g/mol. The van der Waals surface area contributed by atoms with Crippen molar-refractivity contribution in [1.82, 2.24) is 20.5 Å². The van der Waals surface area contributed by atoms with E-state index in [1.807, 2.05) is 11.3 Å². The van der Waals surface area contributed by atoms with Crippen LogP contribution in [0, 0.1) is 0 Å². The minimum Gasteiger partial charge on any atom is -0.456 e. The van der Waals surface area contributed by atoms with Gasteiger partial charge in [0.2, 0.25) is 0 Å². The quantitative estimate of drug-likeness (QED) is 0.164. The molecule has 1 aliphatic heterocycles. The van der Waals surface area contributed by atoms with Crippen molar-refractivity contribution < 1.29 is 4.42 Å². The Labute approximate surface area is 332 Å². The summed E-state index contributed by atoms with van der Waals surface area (Å²) in [6, 6.07) is 65.3. The first-order chi connectivity index (χ1) is 28.3. The van der Waals surface area contributed by atoms with Crippen LogP contribution in [0.1, 0.15) is 35.2 Å². The number of fused-ring (bicyclic) bond motifs is 9. The highest BCUT2D eigenvalue weighted by Gasteiger charge is 2.31. The third kappa shape index (κ3) is 5.19. The molecular formula is C51H36N4OS. The van der Waals surface area contributed by atoms with Crippen molar-refractivity contribution in [2.24, 2.45) is 0 Å². The van der Waals surface area contributed by atoms with Gasteiger partial charge in [0.1, 0.15) is 11.2 Å². The van der Waals surface area contributed by atoms with Crippen molar-refractivity contribution in [3.8, 4) is 16.8 Å². The van der Waals surface area contributed by atoms with Gasteiger partial charge in [-0.15, -0.1) is 11.3 Å². The second-order valence-corrected chi connectivity index (χ2v) is 16.0. The first-order valence-corrected chi connectivity index (χ1v) is 20.3. The van der Waals surface area contributed by atoms with Gasteiger partial charge in [-0.2, -0.15) is 0 Å². The molecule has 4 heterocycles. The number of benzene rings is 8. The number of rotatable bonds is 5. The van der Waals surface area contributed by atoms with Crippen molar-refractivity contribution in [3.05, 3.63) is 199 Å². The lowest BCUT2D eigenvalue weighted by atomic mass is 9.98. The van der Waals surface area contributed by atoms with Gasteiger partial charge in [-0.05, 0) is 64.2 Å². The lowest BCUT2D eigenvalue weighted by Crippen LogP contribution is -2.54. The molecule has 0 saturated carbocycles. The lowest BCUT2D eigenvalue weighted by molar-refractivity contribution is 0.204. The fourth-order valence-corrected chi connectivity index (χ4v) is 10.5. The van der Waals surface area contributed by atoms with Gasteiger partial charge in [0.25, 0.3) is 0 Å². The summed E-state index contributed by atoms with van der Waals surface area (Å²) >= 11 is 1.88. The molecule has 272 valence electrons. The van der Waals surface area contributed by atoms with E-state index < -0.39 is 0 Å². The zero-order chi connectivity index (χ0) is 37.5. The zero-order valence-corrected chi connectivity index (χ0v) is 31.6. The van der Waals surface area contributed by atoms with E-state index in [9.17, 15) is 0 Å². The Kier molecular flexibility index (Phi) is 7.46. The van der Waals surface area contributed by atoms with Crippen LogP contribution >= 0.6 is 11.3 Å². The monoisotopic (exact) mass is 752 g/mol. The average Bonchev–Trinajstić information content (AvgIpc) is 3.96. The molecule has 0 amide bonds. The van der Waals surface area contributed by atoms with Crippen molar-refractivity contribution in [2.45, 2.75) is 18.5 Å². The summed E-state index contributed by atoms with van der Waals surface area (Å²) < 4.78 is 11.7. The molecule has 2 unspecified atom stereocenters. The number of thiophene rings is 1. The van der Waals surface area contributed by atoms with E-state index in [0.29, 0.717) is 0 Å². The van der Waals surface area contributed by atoms with Crippen LogP contribution in [-0.2, 0) is 0 Å². The Morgan fingerprint density at radius 2 is 1.02 bits per heavy atom. The maximum Gasteiger partial charge on any atom is 0.136 e. The van der Waals surface area contributed by atoms with E-state index in [2.05, 4.69) is 203 Å². The number of para-hydroxylation sites is 2. The minimum atomic E-state index is -0.137. The Morgan fingerprint density at radius 1 is 0.439 bits per heavy atom. The molecule has 1 fully saturated rings. The summed E-state index contributed by atoms with van der Waals surface area (Å²) in [5.74, 6) is 0. The number of aromatic nitrogens is 1. The van der Waals surface area contributed by atoms with Crippen molar-refractivity contribution in [1.29, 1.82) is 0 Å². The summed E-state index contributed by atoms with van der Waals surface area (Å²) in [4.78, 5) is 0. The van der Waals surface area contributed by atoms with Crippen LogP contribution in [0.5, 0.6) is 0 Å². The van der Waals surface area contributed by atoms with Crippen molar-refractivity contribution in [3.63, 3.8) is 0 Å². The maximum absolute atomic E-state index is 6.72. The van der Waals surface area contributed by atoms with Gasteiger partial charge in [0.15, 0.2) is 0 Å². The third-order valence-corrected chi connectivity index (χ3v) is 13.0. The molecule has 12 rings (SSSR count). The molecule has 57 heavy (non-hydrogen) atoms. The second-order valence-electron chi connectivity index (χ2n) is 15.0. The fourth-order valence-electron chi connectivity index (χ4n) is 9.15. The predicted octanol–water partition coefficient (Wildman–Crippen LogP) is 12.9. The Hall–Kier alpha value is -6.54. The van der Waals surface area contributed by atoms with Gasteiger partial charge in [0, 0.05) is 37.0 Å². The maximum atomic E-state index is 6.72. The minimum absolute atomic E-state index is 0.0556. The Bertz CT molecular complexity index is 3210. The molecule has 0 aliphatic carbocycles. The number of nitrogens with one attached hydrogen (secondary N) is 3. The summed E-state index contributed by atoms with van der Waals surface area (Å²) in [6.45, 7) is 0. The molecule has 1 saturated heterocycles. The normalized spacial score (nSPS) is 17.4. The predicted molar refractivity (Wildman–Crippen MR) is 237 cm³/mol. The van der Waals surface area contributed by atoms with Crippen LogP contribution in [0.25, 0.3) is 80.7 Å². The summed E-state index contributed by atoms with van der Waals surface area (Å²) in [7, 11) is 0. The molecule has 3 N–H and O–H groups in total. The molecule has 5 nitrogen and oxygen atoms in total. The number of nitrogens with zero attached hydrogens (tertiary/aromatic N) is 1. The molecule has 2 atom stereocenters. The summed E-state index contributed by atoms with van der Waals surface area (Å²) in [5.41, 5.74) is 11.3. The van der Waals surface area contributed by atoms with Gasteiger partial charge in [-0.1, -0.05) is 146 Å². The first kappa shape index (κ1) is 32.7. The lowest BCUT2D eigenvalue weighted by Gasteiger charge is -2.39. The smallest absolute Gasteiger partial charge is 0.136 e. The van der Waals surface area contributed by atoms with Crippen LogP contribution in [0.3, 0.4) is 0 Å². The molecule has 0 bridgehead atoms. The van der Waals surface area contributed by atoms with E-state index >= 15 is 0 Å². The van der Waals surface area contributed by atoms with E-state index in [0.717, 1.165) is 33.1 Å². The van der Waals surface area contributed by atoms with Crippen LogP contribution in [0.4, 0.5) is 0 Å². The third-order valence-electron chi connectivity index (χ3n) is 11.7. The molecule has 6 heteroatoms. The summed E-state index contributed by atoms with van der Waals surface area (Å²) in [5, 5.41) is 18.9. The van der Waals surface area contributed by atoms with Gasteiger partial charge < -0.3 is 8.98 Å². The average molecular weight is 753 g/mol. The van der Waals surface area contributed by atoms with Gasteiger partial charge in [0.05, 0.1) is 39.9 Å². The summed E-state index contributed by atoms with van der Waals surface area (Å²) in [6.07, 6.45) is -0.248. The van der Waals surface area contributed by atoms with Crippen molar-refractivity contribution in [2.75, 3.05) is 0 Å². The van der Waals surface area contributed by atoms with Gasteiger partial charge in [-0.25, -0.2) is 0 Å². The highest BCUT2D eigenvalue weighted by molar-refractivity contribution is 7.26. The van der Waals surface area contributed by atoms with Crippen LogP contribution < -0.4 is 16.0 Å². The van der Waals surface area contributed by atoms with E-state index in [1.165, 1.54) is 64.4 Å². The van der Waals surface area contributed by atoms with Gasteiger partial charge in [-0.3, -0.25) is 16.0 Å². The zero-order valence-electron chi connectivity index (χ0n) is 30.8. The Morgan fingerprint density at radius 3 is 1.72 bits per heavy atom. The standard InChI is InChI=1S/C51H36N4OS/c1-3-14-31(15-4-1)49-52-50(32-16-5-2-6-17-32)54-51(53-49)40-23-13-27-44-46(40)39-29-28-33(30-45(39)56-44)34-20-11-21-37-38-22-12-26-43(48(38)57-47(34)37)55-41-24-9-7-18-35(41)36-19-8-10-25-42(36)55/h1-30,49-54H. The molecule has 1 aliphatic rings. The van der Waals surface area contributed by atoms with E-state index in [4.69, 9.17) is 4.42 Å². The molecule has 8 aromatic carbocycles. The van der Waals surface area contributed by atoms with Crippen LogP contribution in [0.15, 0.2) is 186 Å². The first-order valence-electron chi connectivity index (χ1n) is 19.5. The number of hydrogen-bond acceptors (Lipinski definition) is 5. The highest BCUT2D eigenvalue weighted by atomic mass is 32.1. The van der Waals surface area contributed by atoms with Crippen LogP contribution in [-0.4, -0.2) is 4.57 Å². The van der Waals surface area contributed by atoms with Gasteiger partial charge >= 0.3 is 0 Å². The second kappa shape index (κ2) is 13.0. The molecule has 0 spiro atoms.